The Morgan fingerprint density at radius 3 is 2.15 bits per heavy atom. The van der Waals surface area contributed by atoms with E-state index in [1.54, 1.807) is 0 Å². The summed E-state index contributed by atoms with van der Waals surface area (Å²) in [5, 5.41) is 4.64. The molecule has 0 spiro atoms. The molecule has 1 rings (SSSR count). The molecule has 0 aliphatic carbocycles. The van der Waals surface area contributed by atoms with Crippen LogP contribution >= 0.6 is 0 Å². The maximum atomic E-state index is 12.8. The van der Waals surface area contributed by atoms with E-state index in [1.807, 2.05) is 0 Å². The molecule has 0 aromatic heterocycles. The SMILES string of the molecule is Nc1cc(F)cc(F)c1S(N)(=O)=O. The largest absolute Gasteiger partial charge is 0.397 e. The van der Waals surface area contributed by atoms with Gasteiger partial charge in [0.15, 0.2) is 0 Å². The fourth-order valence-electron chi connectivity index (χ4n) is 0.880. The maximum absolute atomic E-state index is 12.8. The van der Waals surface area contributed by atoms with Crippen molar-refractivity contribution in [2.24, 2.45) is 5.14 Å². The van der Waals surface area contributed by atoms with Crippen molar-refractivity contribution in [1.29, 1.82) is 0 Å². The van der Waals surface area contributed by atoms with Crippen molar-refractivity contribution in [3.05, 3.63) is 23.8 Å². The van der Waals surface area contributed by atoms with Crippen molar-refractivity contribution in [1.82, 2.24) is 0 Å². The van der Waals surface area contributed by atoms with E-state index in [1.165, 1.54) is 0 Å². The monoisotopic (exact) mass is 208 g/mol. The van der Waals surface area contributed by atoms with E-state index in [0.717, 1.165) is 0 Å². The van der Waals surface area contributed by atoms with Gasteiger partial charge in [0.05, 0.1) is 5.69 Å². The number of nitrogen functional groups attached to an aromatic ring is 1. The van der Waals surface area contributed by atoms with Gasteiger partial charge in [-0.1, -0.05) is 0 Å². The Morgan fingerprint density at radius 1 is 1.23 bits per heavy atom. The highest BCUT2D eigenvalue weighted by molar-refractivity contribution is 7.89. The molecule has 0 aliphatic heterocycles. The summed E-state index contributed by atoms with van der Waals surface area (Å²) in [7, 11) is -4.25. The van der Waals surface area contributed by atoms with Crippen molar-refractivity contribution in [2.45, 2.75) is 4.90 Å². The van der Waals surface area contributed by atoms with E-state index in [-0.39, 0.29) is 0 Å². The molecule has 7 heteroatoms. The lowest BCUT2D eigenvalue weighted by molar-refractivity contribution is 0.552. The van der Waals surface area contributed by atoms with Gasteiger partial charge in [0.1, 0.15) is 16.5 Å². The maximum Gasteiger partial charge on any atom is 0.243 e. The molecular weight excluding hydrogens is 202 g/mol. The van der Waals surface area contributed by atoms with Crippen LogP contribution in [0.3, 0.4) is 0 Å². The fraction of sp³-hybridized carbons (Fsp3) is 0. The van der Waals surface area contributed by atoms with Gasteiger partial charge in [0, 0.05) is 6.07 Å². The number of nitrogens with two attached hydrogens (primary N) is 2. The highest BCUT2D eigenvalue weighted by atomic mass is 32.2. The molecule has 1 aromatic carbocycles. The molecule has 0 bridgehead atoms. The van der Waals surface area contributed by atoms with Gasteiger partial charge in [-0.25, -0.2) is 22.3 Å². The summed E-state index contributed by atoms with van der Waals surface area (Å²) in [6, 6.07) is 1.08. The number of anilines is 1. The second kappa shape index (κ2) is 2.93. The second-order valence-electron chi connectivity index (χ2n) is 2.35. The highest BCUT2D eigenvalue weighted by Gasteiger charge is 2.19. The molecule has 0 saturated carbocycles. The van der Waals surface area contributed by atoms with Gasteiger partial charge in [0.2, 0.25) is 10.0 Å². The summed E-state index contributed by atoms with van der Waals surface area (Å²) in [5.74, 6) is -2.25. The second-order valence-corrected chi connectivity index (χ2v) is 3.85. The minimum Gasteiger partial charge on any atom is -0.397 e. The topological polar surface area (TPSA) is 86.2 Å². The van der Waals surface area contributed by atoms with Crippen LogP contribution < -0.4 is 10.9 Å². The van der Waals surface area contributed by atoms with E-state index in [9.17, 15) is 17.2 Å². The third-order valence-electron chi connectivity index (χ3n) is 1.32. The zero-order valence-electron chi connectivity index (χ0n) is 6.29. The van der Waals surface area contributed by atoms with Crippen molar-refractivity contribution in [2.75, 3.05) is 5.73 Å². The number of rotatable bonds is 1. The molecule has 0 aliphatic rings. The first-order chi connectivity index (χ1) is 5.82. The summed E-state index contributed by atoms with van der Waals surface area (Å²) < 4.78 is 46.7. The number of halogens is 2. The molecular formula is C6H6F2N2O2S. The van der Waals surface area contributed by atoms with E-state index < -0.39 is 32.2 Å². The minimum absolute atomic E-state index is 0.399. The van der Waals surface area contributed by atoms with E-state index in [2.05, 4.69) is 5.14 Å². The third kappa shape index (κ3) is 1.93. The van der Waals surface area contributed by atoms with Crippen LogP contribution in [0.5, 0.6) is 0 Å². The highest BCUT2D eigenvalue weighted by Crippen LogP contribution is 2.21. The summed E-state index contributed by atoms with van der Waals surface area (Å²) in [4.78, 5) is -0.881. The number of hydrogen-bond acceptors (Lipinski definition) is 3. The Bertz CT molecular complexity index is 421. The molecule has 0 radical (unpaired) electrons. The van der Waals surface area contributed by atoms with Gasteiger partial charge in [-0.15, -0.1) is 0 Å². The van der Waals surface area contributed by atoms with Gasteiger partial charge in [-0.2, -0.15) is 0 Å². The Labute approximate surface area is 73.2 Å². The van der Waals surface area contributed by atoms with Crippen LogP contribution in [0, 0.1) is 11.6 Å². The molecule has 13 heavy (non-hydrogen) atoms. The molecule has 0 amide bonds. The third-order valence-corrected chi connectivity index (χ3v) is 2.32. The smallest absolute Gasteiger partial charge is 0.243 e. The van der Waals surface area contributed by atoms with E-state index >= 15 is 0 Å². The van der Waals surface area contributed by atoms with Crippen LogP contribution in [-0.4, -0.2) is 8.42 Å². The number of hydrogen-bond donors (Lipinski definition) is 2. The van der Waals surface area contributed by atoms with Gasteiger partial charge >= 0.3 is 0 Å². The quantitative estimate of drug-likeness (QED) is 0.646. The molecule has 0 unspecified atom stereocenters. The first-order valence-corrected chi connectivity index (χ1v) is 4.64. The lowest BCUT2D eigenvalue weighted by Crippen LogP contribution is -2.16. The average Bonchev–Trinajstić information content (AvgIpc) is 1.78. The molecule has 0 fully saturated rings. The van der Waals surface area contributed by atoms with Crippen LogP contribution in [0.15, 0.2) is 17.0 Å². The van der Waals surface area contributed by atoms with Crippen LogP contribution in [0.1, 0.15) is 0 Å². The summed E-state index contributed by atoms with van der Waals surface area (Å²) >= 11 is 0. The number of sulfonamides is 1. The predicted molar refractivity (Wildman–Crippen MR) is 42.1 cm³/mol. The molecule has 4 nitrogen and oxygen atoms in total. The van der Waals surface area contributed by atoms with Crippen molar-refractivity contribution >= 4 is 15.7 Å². The van der Waals surface area contributed by atoms with E-state index in [4.69, 9.17) is 5.73 Å². The zero-order valence-corrected chi connectivity index (χ0v) is 7.11. The van der Waals surface area contributed by atoms with Gasteiger partial charge in [0.25, 0.3) is 0 Å². The lowest BCUT2D eigenvalue weighted by Gasteiger charge is -2.03. The normalized spacial score (nSPS) is 11.6. The fourth-order valence-corrected chi connectivity index (χ4v) is 1.60. The Kier molecular flexibility index (Phi) is 2.22. The summed E-state index contributed by atoms with van der Waals surface area (Å²) in [5.41, 5.74) is 4.53. The number of primary sulfonamides is 1. The van der Waals surface area contributed by atoms with Crippen molar-refractivity contribution < 1.29 is 17.2 Å². The average molecular weight is 208 g/mol. The molecule has 0 atom stereocenters. The number of benzene rings is 1. The van der Waals surface area contributed by atoms with Gasteiger partial charge in [-0.05, 0) is 6.07 Å². The molecule has 4 N–H and O–H groups in total. The van der Waals surface area contributed by atoms with Crippen LogP contribution in [0.4, 0.5) is 14.5 Å². The van der Waals surface area contributed by atoms with Crippen LogP contribution in [0.25, 0.3) is 0 Å². The molecule has 1 aromatic rings. The van der Waals surface area contributed by atoms with E-state index in [0.29, 0.717) is 12.1 Å². The molecule has 72 valence electrons. The zero-order chi connectivity index (χ0) is 10.2. The van der Waals surface area contributed by atoms with Crippen molar-refractivity contribution in [3.8, 4) is 0 Å². The predicted octanol–water partition coefficient (Wildman–Crippen LogP) is 0.194. The first-order valence-electron chi connectivity index (χ1n) is 3.09. The summed E-state index contributed by atoms with van der Waals surface area (Å²) in [6.07, 6.45) is 0. The molecule has 0 heterocycles. The van der Waals surface area contributed by atoms with Gasteiger partial charge in [-0.3, -0.25) is 0 Å². The Hall–Kier alpha value is -1.21. The first kappa shape index (κ1) is 9.87. The minimum atomic E-state index is -4.25. The Balaban J connectivity index is 3.57. The van der Waals surface area contributed by atoms with Crippen LogP contribution in [0.2, 0.25) is 0 Å². The van der Waals surface area contributed by atoms with Crippen molar-refractivity contribution in [3.63, 3.8) is 0 Å². The lowest BCUT2D eigenvalue weighted by atomic mass is 10.3. The standard InChI is InChI=1S/C6H6F2N2O2S/c7-3-1-4(8)6(5(9)2-3)13(10,11)12/h1-2H,9H2,(H2,10,11,12). The Morgan fingerprint density at radius 2 is 1.77 bits per heavy atom. The summed E-state index contributed by atoms with van der Waals surface area (Å²) in [6.45, 7) is 0. The van der Waals surface area contributed by atoms with Gasteiger partial charge < -0.3 is 5.73 Å². The molecule has 0 saturated heterocycles. The van der Waals surface area contributed by atoms with Crippen LogP contribution in [-0.2, 0) is 10.0 Å².